The average molecular weight is 594 g/mol. The van der Waals surface area contributed by atoms with E-state index in [1.807, 2.05) is 0 Å². The number of benzene rings is 1. The first kappa shape index (κ1) is 36.2. The molecule has 0 radical (unpaired) electrons. The van der Waals surface area contributed by atoms with E-state index in [9.17, 15) is 18.0 Å². The molecule has 1 heterocycles. The molecular weight excluding hydrogens is 551 g/mol. The van der Waals surface area contributed by atoms with Crippen molar-refractivity contribution in [2.75, 3.05) is 39.3 Å². The van der Waals surface area contributed by atoms with Crippen LogP contribution in [0.4, 0.5) is 19.0 Å². The third-order valence-electron chi connectivity index (χ3n) is 5.91. The number of nitrogens with zero attached hydrogens (tertiary/aromatic N) is 2. The molecular formula is C31H42F3N3O5. The van der Waals surface area contributed by atoms with Gasteiger partial charge >= 0.3 is 18.3 Å². The summed E-state index contributed by atoms with van der Waals surface area (Å²) in [6.45, 7) is 11.1. The monoisotopic (exact) mass is 593 g/mol. The molecule has 0 saturated heterocycles. The Morgan fingerprint density at radius 3 is 2.55 bits per heavy atom. The Morgan fingerprint density at radius 2 is 1.90 bits per heavy atom. The Kier molecular flexibility index (Phi) is 17.3. The summed E-state index contributed by atoms with van der Waals surface area (Å²) in [5, 5.41) is 3.07. The Bertz CT molecular complexity index is 1150. The maximum Gasteiger partial charge on any atom is 0.573 e. The van der Waals surface area contributed by atoms with Crippen molar-refractivity contribution in [1.82, 2.24) is 9.97 Å². The zero-order chi connectivity index (χ0) is 31.4. The van der Waals surface area contributed by atoms with Crippen LogP contribution in [0.5, 0.6) is 6.01 Å². The lowest BCUT2D eigenvalue weighted by atomic mass is 9.96. The SMILES string of the molecule is C=C/C(=C\C=C(/C)CCNc1ccnc(OC)n1)OC(F)(F)F.CCc1cccc(C(C)CCOCCC(=O)OC)c1. The molecule has 8 nitrogen and oxygen atoms in total. The van der Waals surface area contributed by atoms with Crippen molar-refractivity contribution in [3.8, 4) is 6.01 Å². The van der Waals surface area contributed by atoms with Crippen molar-refractivity contribution >= 4 is 11.8 Å². The first-order valence-corrected chi connectivity index (χ1v) is 13.6. The Hall–Kier alpha value is -3.86. The summed E-state index contributed by atoms with van der Waals surface area (Å²) in [5.74, 6) is 0.506. The van der Waals surface area contributed by atoms with Crippen LogP contribution >= 0.6 is 0 Å². The first-order chi connectivity index (χ1) is 20.0. The quantitative estimate of drug-likeness (QED) is 0.0949. The molecule has 232 valence electrons. The zero-order valence-corrected chi connectivity index (χ0v) is 25.0. The lowest BCUT2D eigenvalue weighted by Crippen LogP contribution is -2.11. The van der Waals surface area contributed by atoms with Crippen molar-refractivity contribution in [2.24, 2.45) is 0 Å². The number of nitrogens with one attached hydrogen (secondary N) is 1. The number of ether oxygens (including phenoxy) is 4. The number of hydrogen-bond donors (Lipinski definition) is 1. The van der Waals surface area contributed by atoms with Crippen LogP contribution < -0.4 is 10.1 Å². The molecule has 1 unspecified atom stereocenters. The van der Waals surface area contributed by atoms with Crippen molar-refractivity contribution in [1.29, 1.82) is 0 Å². The molecule has 0 fully saturated rings. The van der Waals surface area contributed by atoms with E-state index >= 15 is 0 Å². The second-order valence-electron chi connectivity index (χ2n) is 9.17. The van der Waals surface area contributed by atoms with Crippen LogP contribution in [0.15, 0.2) is 72.7 Å². The maximum absolute atomic E-state index is 12.1. The smallest absolute Gasteiger partial charge is 0.469 e. The highest BCUT2D eigenvalue weighted by Crippen LogP contribution is 2.22. The van der Waals surface area contributed by atoms with Gasteiger partial charge in [-0.25, -0.2) is 4.98 Å². The minimum absolute atomic E-state index is 0.219. The van der Waals surface area contributed by atoms with Gasteiger partial charge in [-0.1, -0.05) is 56.3 Å². The van der Waals surface area contributed by atoms with E-state index in [0.29, 0.717) is 44.3 Å². The van der Waals surface area contributed by atoms with Crippen LogP contribution in [-0.4, -0.2) is 56.3 Å². The van der Waals surface area contributed by atoms with Crippen LogP contribution in [0, 0.1) is 0 Å². The molecule has 42 heavy (non-hydrogen) atoms. The van der Waals surface area contributed by atoms with Crippen LogP contribution in [0.25, 0.3) is 0 Å². The van der Waals surface area contributed by atoms with E-state index in [1.54, 1.807) is 25.3 Å². The molecule has 2 rings (SSSR count). The number of hydrogen-bond acceptors (Lipinski definition) is 8. The summed E-state index contributed by atoms with van der Waals surface area (Å²) in [4.78, 5) is 18.9. The molecule has 1 atom stereocenters. The molecule has 0 saturated carbocycles. The van der Waals surface area contributed by atoms with E-state index < -0.39 is 6.36 Å². The predicted molar refractivity (Wildman–Crippen MR) is 157 cm³/mol. The third kappa shape index (κ3) is 16.4. The predicted octanol–water partition coefficient (Wildman–Crippen LogP) is 7.16. The average Bonchev–Trinajstić information content (AvgIpc) is 2.98. The van der Waals surface area contributed by atoms with Crippen LogP contribution in [-0.2, 0) is 25.4 Å². The van der Waals surface area contributed by atoms with Gasteiger partial charge < -0.3 is 24.3 Å². The molecule has 1 N–H and O–H groups in total. The highest BCUT2D eigenvalue weighted by atomic mass is 19.4. The van der Waals surface area contributed by atoms with E-state index in [2.05, 4.69) is 69.5 Å². The summed E-state index contributed by atoms with van der Waals surface area (Å²) in [7, 11) is 2.86. The Balaban J connectivity index is 0.000000428. The topological polar surface area (TPSA) is 91.8 Å². The van der Waals surface area contributed by atoms with Crippen LogP contribution in [0.1, 0.15) is 57.1 Å². The zero-order valence-electron chi connectivity index (χ0n) is 25.0. The van der Waals surface area contributed by atoms with Gasteiger partial charge in [-0.2, -0.15) is 4.98 Å². The van der Waals surface area contributed by atoms with Gasteiger partial charge in [0.1, 0.15) is 11.6 Å². The number of carbonyl (C=O) groups excluding carboxylic acids is 1. The van der Waals surface area contributed by atoms with Gasteiger partial charge in [-0.3, -0.25) is 4.79 Å². The number of aromatic nitrogens is 2. The Labute approximate surface area is 246 Å². The maximum atomic E-state index is 12.1. The van der Waals surface area contributed by atoms with Gasteiger partial charge in [-0.15, -0.1) is 13.2 Å². The fourth-order valence-corrected chi connectivity index (χ4v) is 3.42. The van der Waals surface area contributed by atoms with Gasteiger partial charge in [0.05, 0.1) is 27.2 Å². The molecule has 1 aromatic heterocycles. The lowest BCUT2D eigenvalue weighted by Gasteiger charge is -2.13. The number of carbonyl (C=O) groups is 1. The highest BCUT2D eigenvalue weighted by Gasteiger charge is 2.31. The van der Waals surface area contributed by atoms with E-state index in [1.165, 1.54) is 31.4 Å². The number of halogens is 3. The van der Waals surface area contributed by atoms with E-state index in [-0.39, 0.29) is 17.7 Å². The number of allylic oxidation sites excluding steroid dienone is 3. The second-order valence-corrected chi connectivity index (χ2v) is 9.17. The molecule has 0 spiro atoms. The Morgan fingerprint density at radius 1 is 1.14 bits per heavy atom. The molecule has 0 amide bonds. The minimum atomic E-state index is -4.73. The molecule has 2 aromatic rings. The number of esters is 1. The summed E-state index contributed by atoms with van der Waals surface area (Å²) >= 11 is 0. The lowest BCUT2D eigenvalue weighted by molar-refractivity contribution is -0.303. The summed E-state index contributed by atoms with van der Waals surface area (Å²) in [5.41, 5.74) is 3.59. The highest BCUT2D eigenvalue weighted by molar-refractivity contribution is 5.69. The number of anilines is 1. The third-order valence-corrected chi connectivity index (χ3v) is 5.91. The minimum Gasteiger partial charge on any atom is -0.469 e. The standard InChI is InChI=1S/C16H24O3.C15H18F3N3O2/c1-4-14-6-5-7-15(12-14)13(2)8-10-19-11-9-16(17)18-3;1-4-12(23-15(16,17)18)6-5-11(2)7-9-19-13-8-10-20-14(21-13)22-3/h5-7,12-13H,4,8-11H2,1-3H3;4-6,8,10H,1,7,9H2,2-3H3,(H,19,20,21)/b;11-5+,12-6+. The molecule has 0 aliphatic carbocycles. The van der Waals surface area contributed by atoms with Gasteiger partial charge in [-0.05, 0) is 61.4 Å². The summed E-state index contributed by atoms with van der Waals surface area (Å²) < 4.78 is 55.0. The van der Waals surface area contributed by atoms with Crippen molar-refractivity contribution in [3.05, 3.63) is 83.8 Å². The molecule has 0 bridgehead atoms. The molecule has 11 heteroatoms. The van der Waals surface area contributed by atoms with E-state index in [0.717, 1.165) is 24.5 Å². The fourth-order valence-electron chi connectivity index (χ4n) is 3.42. The number of methoxy groups -OCH3 is 2. The van der Waals surface area contributed by atoms with Gasteiger partial charge in [0, 0.05) is 19.3 Å². The summed E-state index contributed by atoms with van der Waals surface area (Å²) in [6.07, 6.45) is 3.58. The fraction of sp³-hybridized carbons (Fsp3) is 0.452. The van der Waals surface area contributed by atoms with Crippen molar-refractivity contribution in [2.45, 2.75) is 58.7 Å². The number of alkyl halides is 3. The summed E-state index contributed by atoms with van der Waals surface area (Å²) in [6, 6.07) is 10.6. The normalized spacial score (nSPS) is 12.5. The van der Waals surface area contributed by atoms with Gasteiger partial charge in [0.2, 0.25) is 0 Å². The van der Waals surface area contributed by atoms with E-state index in [4.69, 9.17) is 9.47 Å². The van der Waals surface area contributed by atoms with Gasteiger partial charge in [0.15, 0.2) is 0 Å². The van der Waals surface area contributed by atoms with Crippen molar-refractivity contribution < 1.29 is 36.9 Å². The largest absolute Gasteiger partial charge is 0.573 e. The molecule has 0 aliphatic heterocycles. The number of rotatable bonds is 16. The first-order valence-electron chi connectivity index (χ1n) is 13.6. The van der Waals surface area contributed by atoms with Gasteiger partial charge in [0.25, 0.3) is 0 Å². The van der Waals surface area contributed by atoms with Crippen molar-refractivity contribution in [3.63, 3.8) is 0 Å². The second kappa shape index (κ2) is 20.1. The van der Waals surface area contributed by atoms with Crippen LogP contribution in [0.3, 0.4) is 0 Å². The number of aryl methyl sites for hydroxylation is 1. The molecule has 0 aliphatic rings. The van der Waals surface area contributed by atoms with Crippen LogP contribution in [0.2, 0.25) is 0 Å². The molecule has 1 aromatic carbocycles.